The topological polar surface area (TPSA) is 100 Å². The molecule has 1 amide bonds. The number of alkyl carbamates (subject to hydrolysis) is 1. The average Bonchev–Trinajstić information content (AvgIpc) is 3.36. The predicted octanol–water partition coefficient (Wildman–Crippen LogP) is 4.57. The minimum Gasteiger partial charge on any atom is -0.450 e. The number of ether oxygens (including phenoxy) is 1. The first-order chi connectivity index (χ1) is 15.6. The summed E-state index contributed by atoms with van der Waals surface area (Å²) >= 11 is 0. The highest BCUT2D eigenvalue weighted by atomic mass is 16.5. The van der Waals surface area contributed by atoms with E-state index in [1.165, 1.54) is 0 Å². The molecule has 0 radical (unpaired) electrons. The Balaban J connectivity index is 1.60. The number of hydrogen-bond donors (Lipinski definition) is 2. The molecule has 1 aliphatic heterocycles. The van der Waals surface area contributed by atoms with E-state index in [9.17, 15) is 9.59 Å². The summed E-state index contributed by atoms with van der Waals surface area (Å²) in [6.07, 6.45) is 3.86. The van der Waals surface area contributed by atoms with E-state index in [0.29, 0.717) is 35.6 Å². The fourth-order valence-corrected chi connectivity index (χ4v) is 4.17. The van der Waals surface area contributed by atoms with Crippen molar-refractivity contribution in [3.05, 3.63) is 42.2 Å². The van der Waals surface area contributed by atoms with Crippen LogP contribution in [0.3, 0.4) is 0 Å². The Labute approximate surface area is 193 Å². The number of rotatable bonds is 5. The number of ketones is 1. The zero-order chi connectivity index (χ0) is 23.8. The molecule has 1 saturated heterocycles. The minimum absolute atomic E-state index is 0.0272. The lowest BCUT2D eigenvalue weighted by Gasteiger charge is -2.26. The smallest absolute Gasteiger partial charge is 0.407 e. The highest BCUT2D eigenvalue weighted by Gasteiger charge is 2.35. The number of aromatic nitrogens is 3. The molecule has 3 aromatic rings. The number of hydrogen-bond acceptors (Lipinski definition) is 6. The van der Waals surface area contributed by atoms with Crippen molar-refractivity contribution >= 4 is 28.7 Å². The summed E-state index contributed by atoms with van der Waals surface area (Å²) in [4.78, 5) is 39.4. The third kappa shape index (κ3) is 4.69. The predicted molar refractivity (Wildman–Crippen MR) is 129 cm³/mol. The van der Waals surface area contributed by atoms with Gasteiger partial charge in [0.1, 0.15) is 5.52 Å². The Morgan fingerprint density at radius 2 is 2.09 bits per heavy atom. The summed E-state index contributed by atoms with van der Waals surface area (Å²) < 4.78 is 5.05. The van der Waals surface area contributed by atoms with Crippen LogP contribution in [-0.4, -0.2) is 52.1 Å². The number of nitrogens with zero attached hydrogens (tertiary/aromatic N) is 3. The molecule has 1 aromatic carbocycles. The van der Waals surface area contributed by atoms with Gasteiger partial charge in [0.2, 0.25) is 0 Å². The Morgan fingerprint density at radius 1 is 1.30 bits per heavy atom. The number of H-pyrrole nitrogens is 1. The molecule has 3 heterocycles. The number of anilines is 1. The summed E-state index contributed by atoms with van der Waals surface area (Å²) in [7, 11) is 0. The highest BCUT2D eigenvalue weighted by Crippen LogP contribution is 2.31. The van der Waals surface area contributed by atoms with Gasteiger partial charge in [-0.15, -0.1) is 0 Å². The van der Waals surface area contributed by atoms with Crippen LogP contribution < -0.4 is 10.2 Å². The first-order valence-electron chi connectivity index (χ1n) is 11.3. The number of carbonyl (C=O) groups is 2. The van der Waals surface area contributed by atoms with Crippen LogP contribution in [0.4, 0.5) is 10.5 Å². The van der Waals surface area contributed by atoms with Gasteiger partial charge in [-0.3, -0.25) is 4.79 Å². The van der Waals surface area contributed by atoms with Gasteiger partial charge in [0.05, 0.1) is 29.6 Å². The maximum Gasteiger partial charge on any atom is 0.407 e. The zero-order valence-corrected chi connectivity index (χ0v) is 19.9. The van der Waals surface area contributed by atoms with E-state index in [1.807, 2.05) is 39.8 Å². The maximum absolute atomic E-state index is 12.9. The molecule has 8 nitrogen and oxygen atoms in total. The summed E-state index contributed by atoms with van der Waals surface area (Å²) in [5, 5.41) is 2.99. The molecule has 33 heavy (non-hydrogen) atoms. The van der Waals surface area contributed by atoms with Crippen LogP contribution in [0.2, 0.25) is 0 Å². The van der Waals surface area contributed by atoms with Crippen molar-refractivity contribution in [1.82, 2.24) is 20.3 Å². The van der Waals surface area contributed by atoms with E-state index < -0.39 is 5.41 Å². The molecule has 2 N–H and O–H groups in total. The molecule has 0 spiro atoms. The molecule has 1 unspecified atom stereocenters. The van der Waals surface area contributed by atoms with Crippen LogP contribution in [-0.2, 0) is 4.74 Å². The third-order valence-corrected chi connectivity index (χ3v) is 5.97. The van der Waals surface area contributed by atoms with E-state index in [-0.39, 0.29) is 17.4 Å². The highest BCUT2D eigenvalue weighted by molar-refractivity contribution is 6.08. The van der Waals surface area contributed by atoms with Crippen LogP contribution in [0.15, 0.2) is 36.7 Å². The molecule has 4 rings (SSSR count). The largest absolute Gasteiger partial charge is 0.450 e. The average molecular weight is 450 g/mol. The Kier molecular flexibility index (Phi) is 5.86. The Hall–Kier alpha value is -3.42. The summed E-state index contributed by atoms with van der Waals surface area (Å²) in [5.41, 5.74) is 3.56. The van der Waals surface area contributed by atoms with Crippen LogP contribution in [0.25, 0.3) is 22.4 Å². The molecule has 0 aliphatic carbocycles. The van der Waals surface area contributed by atoms with Gasteiger partial charge in [0.15, 0.2) is 11.4 Å². The standard InChI is InChI=1S/C25H31N5O3/c1-6-33-23(32)29-25(5)10-11-30(15-25)17-9-7-8-16(12-17)19-14-27-22-20(28-19)18(13-26-22)21(31)24(2,3)4/h7-9,12-14H,6,10-11,15H2,1-5H3,(H,26,27)(H,29,32). The van der Waals surface area contributed by atoms with Gasteiger partial charge in [0, 0.05) is 36.0 Å². The number of aromatic amines is 1. The van der Waals surface area contributed by atoms with Gasteiger partial charge in [-0.1, -0.05) is 32.9 Å². The van der Waals surface area contributed by atoms with Crippen molar-refractivity contribution in [1.29, 1.82) is 0 Å². The third-order valence-electron chi connectivity index (χ3n) is 5.97. The molecule has 1 fully saturated rings. The molecule has 8 heteroatoms. The monoisotopic (exact) mass is 449 g/mol. The minimum atomic E-state index is -0.507. The molecule has 0 saturated carbocycles. The lowest BCUT2D eigenvalue weighted by Crippen LogP contribution is -2.48. The number of carbonyl (C=O) groups excluding carboxylic acids is 2. The SMILES string of the molecule is CCOC(=O)NC1(C)CCN(c2cccc(-c3cnc4[nH]cc(C(=O)C(C)(C)C)c4n3)c2)C1. The van der Waals surface area contributed by atoms with E-state index in [1.54, 1.807) is 19.3 Å². The van der Waals surface area contributed by atoms with Crippen LogP contribution >= 0.6 is 0 Å². The molecular weight excluding hydrogens is 418 g/mol. The number of fused-ring (bicyclic) bond motifs is 1. The number of nitrogens with one attached hydrogen (secondary N) is 2. The molecular formula is C25H31N5O3. The van der Waals surface area contributed by atoms with Crippen LogP contribution in [0, 0.1) is 5.41 Å². The van der Waals surface area contributed by atoms with E-state index in [0.717, 1.165) is 24.2 Å². The Morgan fingerprint density at radius 3 is 2.82 bits per heavy atom. The number of amides is 1. The molecule has 2 aromatic heterocycles. The van der Waals surface area contributed by atoms with Gasteiger partial charge in [-0.25, -0.2) is 14.8 Å². The van der Waals surface area contributed by atoms with Crippen LogP contribution in [0.1, 0.15) is 51.4 Å². The molecule has 1 aliphatic rings. The first-order valence-corrected chi connectivity index (χ1v) is 11.3. The van der Waals surface area contributed by atoms with Crippen molar-refractivity contribution in [3.8, 4) is 11.3 Å². The van der Waals surface area contributed by atoms with Crippen molar-refractivity contribution in [2.24, 2.45) is 5.41 Å². The first kappa shape index (κ1) is 22.8. The molecule has 174 valence electrons. The summed E-state index contributed by atoms with van der Waals surface area (Å²) in [6.45, 7) is 11.4. The van der Waals surface area contributed by atoms with Gasteiger partial charge < -0.3 is 19.9 Å². The second-order valence-electron chi connectivity index (χ2n) is 9.86. The second-order valence-corrected chi connectivity index (χ2v) is 9.86. The lowest BCUT2D eigenvalue weighted by molar-refractivity contribution is 0.0860. The van der Waals surface area contributed by atoms with Crippen molar-refractivity contribution in [2.45, 2.75) is 46.6 Å². The summed E-state index contributed by atoms with van der Waals surface area (Å²) in [5.74, 6) is 0.0272. The normalized spacial score (nSPS) is 18.5. The molecule has 0 bridgehead atoms. The fourth-order valence-electron chi connectivity index (χ4n) is 4.17. The van der Waals surface area contributed by atoms with E-state index >= 15 is 0 Å². The van der Waals surface area contributed by atoms with Gasteiger partial charge in [0.25, 0.3) is 0 Å². The Bertz CT molecular complexity index is 1200. The number of benzene rings is 1. The van der Waals surface area contributed by atoms with Gasteiger partial charge in [-0.05, 0) is 32.4 Å². The van der Waals surface area contributed by atoms with Crippen molar-refractivity contribution in [3.63, 3.8) is 0 Å². The maximum atomic E-state index is 12.9. The number of Topliss-reactive ketones (excluding diaryl/α,β-unsaturated/α-hetero) is 1. The van der Waals surface area contributed by atoms with Crippen molar-refractivity contribution in [2.75, 3.05) is 24.6 Å². The van der Waals surface area contributed by atoms with Crippen molar-refractivity contribution < 1.29 is 14.3 Å². The zero-order valence-electron chi connectivity index (χ0n) is 19.9. The van der Waals surface area contributed by atoms with Gasteiger partial charge >= 0.3 is 6.09 Å². The summed E-state index contributed by atoms with van der Waals surface area (Å²) in [6, 6.07) is 8.10. The lowest BCUT2D eigenvalue weighted by atomic mass is 9.87. The quantitative estimate of drug-likeness (QED) is 0.554. The van der Waals surface area contributed by atoms with E-state index in [4.69, 9.17) is 9.72 Å². The second kappa shape index (κ2) is 8.50. The van der Waals surface area contributed by atoms with Gasteiger partial charge in [-0.2, -0.15) is 0 Å². The fraction of sp³-hybridized carbons (Fsp3) is 0.440. The van der Waals surface area contributed by atoms with Crippen LogP contribution in [0.5, 0.6) is 0 Å². The molecule has 1 atom stereocenters. The van der Waals surface area contributed by atoms with E-state index in [2.05, 4.69) is 32.3 Å².